The van der Waals surface area contributed by atoms with Crippen LogP contribution in [0.5, 0.6) is 17.2 Å². The van der Waals surface area contributed by atoms with E-state index in [0.29, 0.717) is 39.2 Å². The fourth-order valence-corrected chi connectivity index (χ4v) is 5.92. The highest BCUT2D eigenvalue weighted by atomic mass is 32.2. The molecule has 0 bridgehead atoms. The first-order valence-corrected chi connectivity index (χ1v) is 16.5. The summed E-state index contributed by atoms with van der Waals surface area (Å²) in [6, 6.07) is 28.4. The molecule has 0 aliphatic carbocycles. The van der Waals surface area contributed by atoms with E-state index < -0.39 is 11.8 Å². The number of carbonyl (C=O) groups is 3. The van der Waals surface area contributed by atoms with Gasteiger partial charge < -0.3 is 30.2 Å². The summed E-state index contributed by atoms with van der Waals surface area (Å²) in [5.74, 6) is 0.732. The second-order valence-corrected chi connectivity index (χ2v) is 11.9. The SMILES string of the molecule is COc1ccc(OC)c(/C=C(\NC(=O)c2ccccc2)C(=O)Nc2ccc(SCC(=O)Nc3nc(-c4ccccc4OC)cs3)cc2)c1. The number of thiazole rings is 1. The molecule has 244 valence electrons. The number of ether oxygens (including phenoxy) is 3. The van der Waals surface area contributed by atoms with Crippen molar-refractivity contribution in [2.75, 3.05) is 37.7 Å². The zero-order valence-corrected chi connectivity index (χ0v) is 27.9. The molecule has 48 heavy (non-hydrogen) atoms. The molecular weight excluding hydrogens is 649 g/mol. The van der Waals surface area contributed by atoms with Gasteiger partial charge in [-0.05, 0) is 72.8 Å². The Bertz CT molecular complexity index is 1930. The van der Waals surface area contributed by atoms with Crippen molar-refractivity contribution in [3.63, 3.8) is 0 Å². The Balaban J connectivity index is 1.23. The van der Waals surface area contributed by atoms with Crippen molar-refractivity contribution in [2.24, 2.45) is 0 Å². The lowest BCUT2D eigenvalue weighted by Crippen LogP contribution is -2.30. The number of benzene rings is 4. The fourth-order valence-electron chi connectivity index (χ4n) is 4.50. The highest BCUT2D eigenvalue weighted by molar-refractivity contribution is 8.00. The molecule has 0 radical (unpaired) electrons. The van der Waals surface area contributed by atoms with Gasteiger partial charge in [0.2, 0.25) is 5.91 Å². The fraction of sp³-hybridized carbons (Fsp3) is 0.111. The average Bonchev–Trinajstić information content (AvgIpc) is 3.59. The molecule has 0 aliphatic rings. The maximum absolute atomic E-state index is 13.5. The van der Waals surface area contributed by atoms with Gasteiger partial charge in [0.1, 0.15) is 22.9 Å². The molecule has 0 atom stereocenters. The smallest absolute Gasteiger partial charge is 0.272 e. The van der Waals surface area contributed by atoms with E-state index >= 15 is 0 Å². The molecule has 0 spiro atoms. The van der Waals surface area contributed by atoms with Gasteiger partial charge in [0.15, 0.2) is 5.13 Å². The van der Waals surface area contributed by atoms with Gasteiger partial charge in [-0.25, -0.2) is 4.98 Å². The Hall–Kier alpha value is -5.59. The van der Waals surface area contributed by atoms with Crippen LogP contribution < -0.4 is 30.2 Å². The summed E-state index contributed by atoms with van der Waals surface area (Å²) in [6.45, 7) is 0. The lowest BCUT2D eigenvalue weighted by Gasteiger charge is -2.13. The lowest BCUT2D eigenvalue weighted by atomic mass is 10.1. The molecule has 1 aromatic heterocycles. The van der Waals surface area contributed by atoms with Crippen molar-refractivity contribution in [3.8, 4) is 28.5 Å². The summed E-state index contributed by atoms with van der Waals surface area (Å²) >= 11 is 2.68. The Labute approximate surface area is 286 Å². The normalized spacial score (nSPS) is 10.9. The number of para-hydroxylation sites is 1. The van der Waals surface area contributed by atoms with Crippen LogP contribution in [-0.4, -0.2) is 49.8 Å². The molecule has 0 saturated carbocycles. The van der Waals surface area contributed by atoms with Gasteiger partial charge in [-0.1, -0.05) is 30.3 Å². The van der Waals surface area contributed by atoms with Gasteiger partial charge >= 0.3 is 0 Å². The molecule has 12 heteroatoms. The van der Waals surface area contributed by atoms with E-state index in [9.17, 15) is 14.4 Å². The summed E-state index contributed by atoms with van der Waals surface area (Å²) in [5.41, 5.74) is 3.00. The Morgan fingerprint density at radius 2 is 1.54 bits per heavy atom. The third-order valence-corrected chi connectivity index (χ3v) is 8.65. The topological polar surface area (TPSA) is 128 Å². The predicted octanol–water partition coefficient (Wildman–Crippen LogP) is 6.98. The molecule has 3 amide bonds. The Morgan fingerprint density at radius 3 is 2.27 bits per heavy atom. The zero-order chi connectivity index (χ0) is 33.9. The molecule has 0 unspecified atom stereocenters. The monoisotopic (exact) mass is 680 g/mol. The molecule has 10 nitrogen and oxygen atoms in total. The number of amides is 3. The second kappa shape index (κ2) is 16.3. The Morgan fingerprint density at radius 1 is 0.812 bits per heavy atom. The van der Waals surface area contributed by atoms with Gasteiger partial charge in [0, 0.05) is 32.7 Å². The van der Waals surface area contributed by atoms with Gasteiger partial charge in [0.25, 0.3) is 11.8 Å². The quantitative estimate of drug-likeness (QED) is 0.0899. The second-order valence-electron chi connectivity index (χ2n) is 10.0. The van der Waals surface area contributed by atoms with E-state index in [1.807, 2.05) is 29.6 Å². The molecule has 5 aromatic rings. The third-order valence-electron chi connectivity index (χ3n) is 6.88. The van der Waals surface area contributed by atoms with E-state index in [4.69, 9.17) is 14.2 Å². The molecule has 0 saturated heterocycles. The van der Waals surface area contributed by atoms with Crippen molar-refractivity contribution in [3.05, 3.63) is 119 Å². The highest BCUT2D eigenvalue weighted by Crippen LogP contribution is 2.32. The minimum absolute atomic E-state index is 0.00146. The molecule has 0 aliphatic heterocycles. The number of methoxy groups -OCH3 is 3. The number of thioether (sulfide) groups is 1. The van der Waals surface area contributed by atoms with Crippen molar-refractivity contribution in [1.29, 1.82) is 0 Å². The predicted molar refractivity (Wildman–Crippen MR) is 190 cm³/mol. The standard InChI is InChI=1S/C36H32N4O6S2/c1-44-26-15-18-31(45-2)24(19-26)20-29(38-34(42)23-9-5-4-6-10-23)35(43)37-25-13-16-27(17-14-25)47-22-33(41)40-36-39-30(21-48-36)28-11-7-8-12-32(28)46-3/h4-21H,22H2,1-3H3,(H,37,43)(H,38,42)(H,39,40,41)/b29-20-. The van der Waals surface area contributed by atoms with Crippen LogP contribution in [0.4, 0.5) is 10.8 Å². The first-order valence-electron chi connectivity index (χ1n) is 14.6. The van der Waals surface area contributed by atoms with Crippen molar-refractivity contribution < 1.29 is 28.6 Å². The molecule has 0 fully saturated rings. The summed E-state index contributed by atoms with van der Waals surface area (Å²) in [5, 5.41) is 10.8. The third kappa shape index (κ3) is 8.81. The number of nitrogens with zero attached hydrogens (tertiary/aromatic N) is 1. The van der Waals surface area contributed by atoms with Crippen molar-refractivity contribution in [2.45, 2.75) is 4.90 Å². The van der Waals surface area contributed by atoms with E-state index in [0.717, 1.165) is 16.2 Å². The van der Waals surface area contributed by atoms with Crippen LogP contribution in [0.3, 0.4) is 0 Å². The van der Waals surface area contributed by atoms with Crippen LogP contribution >= 0.6 is 23.1 Å². The maximum Gasteiger partial charge on any atom is 0.272 e. The first-order chi connectivity index (χ1) is 23.4. The van der Waals surface area contributed by atoms with E-state index in [1.54, 1.807) is 79.9 Å². The maximum atomic E-state index is 13.5. The van der Waals surface area contributed by atoms with Crippen LogP contribution in [-0.2, 0) is 9.59 Å². The molecule has 5 rings (SSSR count). The molecule has 3 N–H and O–H groups in total. The van der Waals surface area contributed by atoms with Gasteiger partial charge in [-0.3, -0.25) is 14.4 Å². The Kier molecular flexibility index (Phi) is 11.5. The summed E-state index contributed by atoms with van der Waals surface area (Å²) in [4.78, 5) is 44.6. The number of rotatable bonds is 13. The number of hydrogen-bond donors (Lipinski definition) is 3. The summed E-state index contributed by atoms with van der Waals surface area (Å²) < 4.78 is 16.2. The van der Waals surface area contributed by atoms with Crippen LogP contribution in [0.25, 0.3) is 17.3 Å². The molecule has 1 heterocycles. The largest absolute Gasteiger partial charge is 0.497 e. The summed E-state index contributed by atoms with van der Waals surface area (Å²) in [7, 11) is 4.66. The van der Waals surface area contributed by atoms with Gasteiger partial charge in [-0.2, -0.15) is 0 Å². The summed E-state index contributed by atoms with van der Waals surface area (Å²) in [6.07, 6.45) is 1.53. The number of nitrogens with one attached hydrogen (secondary N) is 3. The van der Waals surface area contributed by atoms with Crippen LogP contribution in [0, 0.1) is 0 Å². The number of carbonyl (C=O) groups excluding carboxylic acids is 3. The highest BCUT2D eigenvalue weighted by Gasteiger charge is 2.17. The number of aromatic nitrogens is 1. The van der Waals surface area contributed by atoms with Crippen molar-refractivity contribution >= 4 is 57.7 Å². The van der Waals surface area contributed by atoms with Crippen LogP contribution in [0.2, 0.25) is 0 Å². The minimum atomic E-state index is -0.542. The van der Waals surface area contributed by atoms with E-state index in [-0.39, 0.29) is 17.4 Å². The van der Waals surface area contributed by atoms with E-state index in [2.05, 4.69) is 20.9 Å². The van der Waals surface area contributed by atoms with Gasteiger partial charge in [-0.15, -0.1) is 23.1 Å². The average molecular weight is 681 g/mol. The number of anilines is 2. The lowest BCUT2D eigenvalue weighted by molar-refractivity contribution is -0.114. The molecular formula is C36H32N4O6S2. The van der Waals surface area contributed by atoms with E-state index in [1.165, 1.54) is 43.4 Å². The van der Waals surface area contributed by atoms with Crippen LogP contribution in [0.15, 0.2) is 113 Å². The minimum Gasteiger partial charge on any atom is -0.497 e. The molecule has 4 aromatic carbocycles. The number of hydrogen-bond acceptors (Lipinski definition) is 9. The van der Waals surface area contributed by atoms with Crippen LogP contribution in [0.1, 0.15) is 15.9 Å². The van der Waals surface area contributed by atoms with Crippen molar-refractivity contribution in [1.82, 2.24) is 10.3 Å². The zero-order valence-electron chi connectivity index (χ0n) is 26.3. The van der Waals surface area contributed by atoms with Gasteiger partial charge in [0.05, 0.1) is 32.8 Å². The first kappa shape index (κ1) is 33.8.